The standard InChI is InChI=1S/C15H19N3O2S/c1-10(2)13-14(15(19)18-16)21-12(17-13)8-9-20-11-6-4-3-5-7-11/h3-7,10H,8-9,16H2,1-2H3,(H,18,19). The summed E-state index contributed by atoms with van der Waals surface area (Å²) in [5.41, 5.74) is 2.96. The average Bonchev–Trinajstić information content (AvgIpc) is 2.92. The van der Waals surface area contributed by atoms with Crippen LogP contribution in [0.25, 0.3) is 0 Å². The first-order chi connectivity index (χ1) is 10.1. The Bertz CT molecular complexity index is 596. The number of amides is 1. The van der Waals surface area contributed by atoms with E-state index in [1.54, 1.807) is 0 Å². The highest BCUT2D eigenvalue weighted by Crippen LogP contribution is 2.25. The van der Waals surface area contributed by atoms with Gasteiger partial charge in [0.25, 0.3) is 5.91 Å². The number of nitrogens with two attached hydrogens (primary N) is 1. The maximum atomic E-state index is 11.8. The topological polar surface area (TPSA) is 77.2 Å². The molecule has 0 bridgehead atoms. The van der Waals surface area contributed by atoms with Gasteiger partial charge in [-0.05, 0) is 18.1 Å². The Morgan fingerprint density at radius 3 is 2.71 bits per heavy atom. The number of carbonyl (C=O) groups is 1. The van der Waals surface area contributed by atoms with Gasteiger partial charge in [-0.2, -0.15) is 0 Å². The van der Waals surface area contributed by atoms with E-state index in [9.17, 15) is 4.79 Å². The molecule has 2 rings (SSSR count). The zero-order chi connectivity index (χ0) is 15.2. The Kier molecular flexibility index (Phi) is 5.30. The van der Waals surface area contributed by atoms with E-state index in [4.69, 9.17) is 10.6 Å². The zero-order valence-electron chi connectivity index (χ0n) is 12.1. The van der Waals surface area contributed by atoms with E-state index in [1.165, 1.54) is 11.3 Å². The van der Waals surface area contributed by atoms with Crippen LogP contribution in [-0.4, -0.2) is 17.5 Å². The normalized spacial score (nSPS) is 10.7. The number of nitrogens with zero attached hydrogens (tertiary/aromatic N) is 1. The van der Waals surface area contributed by atoms with Crippen LogP contribution in [0.2, 0.25) is 0 Å². The highest BCUT2D eigenvalue weighted by molar-refractivity contribution is 7.13. The molecule has 6 heteroatoms. The number of hydrogen-bond acceptors (Lipinski definition) is 5. The summed E-state index contributed by atoms with van der Waals surface area (Å²) in [6.45, 7) is 4.54. The third kappa shape index (κ3) is 4.03. The van der Waals surface area contributed by atoms with E-state index < -0.39 is 0 Å². The summed E-state index contributed by atoms with van der Waals surface area (Å²) in [6, 6.07) is 9.63. The van der Waals surface area contributed by atoms with Crippen LogP contribution in [0.15, 0.2) is 30.3 Å². The van der Waals surface area contributed by atoms with E-state index in [1.807, 2.05) is 44.2 Å². The van der Waals surface area contributed by atoms with Crippen molar-refractivity contribution in [1.82, 2.24) is 10.4 Å². The molecule has 0 atom stereocenters. The van der Waals surface area contributed by atoms with Crippen LogP contribution in [0.3, 0.4) is 0 Å². The molecular weight excluding hydrogens is 286 g/mol. The van der Waals surface area contributed by atoms with E-state index in [-0.39, 0.29) is 11.8 Å². The monoisotopic (exact) mass is 305 g/mol. The predicted molar refractivity (Wildman–Crippen MR) is 83.5 cm³/mol. The Balaban J connectivity index is 2.02. The summed E-state index contributed by atoms with van der Waals surface area (Å²) < 4.78 is 5.65. The first-order valence-corrected chi connectivity index (χ1v) is 7.62. The van der Waals surface area contributed by atoms with Gasteiger partial charge in [-0.3, -0.25) is 10.2 Å². The highest BCUT2D eigenvalue weighted by atomic mass is 32.1. The fourth-order valence-corrected chi connectivity index (χ4v) is 2.98. The number of nitrogens with one attached hydrogen (secondary N) is 1. The molecule has 0 saturated heterocycles. The average molecular weight is 305 g/mol. The van der Waals surface area contributed by atoms with Crippen LogP contribution in [0.4, 0.5) is 0 Å². The van der Waals surface area contributed by atoms with Gasteiger partial charge in [-0.1, -0.05) is 32.0 Å². The van der Waals surface area contributed by atoms with Gasteiger partial charge < -0.3 is 4.74 Å². The Labute approximate surface area is 128 Å². The number of aromatic nitrogens is 1. The van der Waals surface area contributed by atoms with Crippen molar-refractivity contribution < 1.29 is 9.53 Å². The highest BCUT2D eigenvalue weighted by Gasteiger charge is 2.19. The molecular formula is C15H19N3O2S. The van der Waals surface area contributed by atoms with Crippen LogP contribution in [0, 0.1) is 0 Å². The zero-order valence-corrected chi connectivity index (χ0v) is 12.9. The number of benzene rings is 1. The first-order valence-electron chi connectivity index (χ1n) is 6.80. The second-order valence-corrected chi connectivity index (χ2v) is 5.95. The summed E-state index contributed by atoms with van der Waals surface area (Å²) in [7, 11) is 0. The minimum absolute atomic E-state index is 0.178. The molecule has 0 fully saturated rings. The van der Waals surface area contributed by atoms with Crippen LogP contribution < -0.4 is 16.0 Å². The number of hydrazine groups is 1. The molecule has 2 aromatic rings. The summed E-state index contributed by atoms with van der Waals surface area (Å²) >= 11 is 1.37. The number of para-hydroxylation sites is 1. The van der Waals surface area contributed by atoms with Crippen molar-refractivity contribution >= 4 is 17.2 Å². The van der Waals surface area contributed by atoms with Crippen molar-refractivity contribution in [2.45, 2.75) is 26.2 Å². The molecule has 0 aliphatic rings. The molecule has 0 aliphatic heterocycles. The SMILES string of the molecule is CC(C)c1nc(CCOc2ccccc2)sc1C(=O)NN. The van der Waals surface area contributed by atoms with Gasteiger partial charge in [0.1, 0.15) is 10.6 Å². The molecule has 0 radical (unpaired) electrons. The number of ether oxygens (including phenoxy) is 1. The molecule has 112 valence electrons. The first kappa shape index (κ1) is 15.5. The number of carbonyl (C=O) groups excluding carboxylic acids is 1. The molecule has 1 amide bonds. The largest absolute Gasteiger partial charge is 0.493 e. The third-order valence-corrected chi connectivity index (χ3v) is 4.04. The lowest BCUT2D eigenvalue weighted by molar-refractivity contribution is 0.0956. The molecule has 21 heavy (non-hydrogen) atoms. The lowest BCUT2D eigenvalue weighted by Crippen LogP contribution is -2.30. The van der Waals surface area contributed by atoms with Crippen molar-refractivity contribution in [3.63, 3.8) is 0 Å². The Morgan fingerprint density at radius 2 is 2.10 bits per heavy atom. The molecule has 3 N–H and O–H groups in total. The van der Waals surface area contributed by atoms with Crippen LogP contribution in [0.5, 0.6) is 5.75 Å². The minimum atomic E-state index is -0.286. The van der Waals surface area contributed by atoms with Crippen LogP contribution in [-0.2, 0) is 6.42 Å². The smallest absolute Gasteiger partial charge is 0.277 e. The van der Waals surface area contributed by atoms with Gasteiger partial charge in [-0.15, -0.1) is 11.3 Å². The quantitative estimate of drug-likeness (QED) is 0.488. The van der Waals surface area contributed by atoms with E-state index in [2.05, 4.69) is 10.4 Å². The van der Waals surface area contributed by atoms with Crippen molar-refractivity contribution in [2.24, 2.45) is 5.84 Å². The van der Waals surface area contributed by atoms with Crippen molar-refractivity contribution in [3.8, 4) is 5.75 Å². The van der Waals surface area contributed by atoms with Gasteiger partial charge in [0.2, 0.25) is 0 Å². The fraction of sp³-hybridized carbons (Fsp3) is 0.333. The van der Waals surface area contributed by atoms with Gasteiger partial charge in [0.15, 0.2) is 0 Å². The molecule has 5 nitrogen and oxygen atoms in total. The van der Waals surface area contributed by atoms with E-state index >= 15 is 0 Å². The molecule has 1 aromatic carbocycles. The van der Waals surface area contributed by atoms with Crippen molar-refractivity contribution in [3.05, 3.63) is 45.9 Å². The maximum absolute atomic E-state index is 11.8. The van der Waals surface area contributed by atoms with Crippen molar-refractivity contribution in [2.75, 3.05) is 6.61 Å². The lowest BCUT2D eigenvalue weighted by atomic mass is 10.1. The van der Waals surface area contributed by atoms with Gasteiger partial charge in [-0.25, -0.2) is 10.8 Å². The second-order valence-electron chi connectivity index (χ2n) is 4.86. The molecule has 0 saturated carbocycles. The number of nitrogen functional groups attached to an aromatic ring is 1. The number of rotatable bonds is 6. The van der Waals surface area contributed by atoms with Gasteiger partial charge >= 0.3 is 0 Å². The maximum Gasteiger partial charge on any atom is 0.277 e. The summed E-state index contributed by atoms with van der Waals surface area (Å²) in [5, 5.41) is 0.883. The molecule has 0 spiro atoms. The number of thiazole rings is 1. The second kappa shape index (κ2) is 7.19. The molecule has 1 aromatic heterocycles. The number of hydrogen-bond donors (Lipinski definition) is 2. The molecule has 0 aliphatic carbocycles. The lowest BCUT2D eigenvalue weighted by Gasteiger charge is -2.04. The van der Waals surface area contributed by atoms with Gasteiger partial charge in [0, 0.05) is 6.42 Å². The molecule has 1 heterocycles. The molecule has 0 unspecified atom stereocenters. The summed E-state index contributed by atoms with van der Waals surface area (Å²) in [5.74, 6) is 5.94. The minimum Gasteiger partial charge on any atom is -0.493 e. The van der Waals surface area contributed by atoms with E-state index in [0.717, 1.165) is 16.5 Å². The summed E-state index contributed by atoms with van der Waals surface area (Å²) in [6.07, 6.45) is 0.664. The van der Waals surface area contributed by atoms with E-state index in [0.29, 0.717) is 17.9 Å². The third-order valence-electron chi connectivity index (χ3n) is 2.91. The van der Waals surface area contributed by atoms with Crippen molar-refractivity contribution in [1.29, 1.82) is 0 Å². The summed E-state index contributed by atoms with van der Waals surface area (Å²) in [4.78, 5) is 16.9. The Hall–Kier alpha value is -1.92. The van der Waals surface area contributed by atoms with Crippen LogP contribution >= 0.6 is 11.3 Å². The van der Waals surface area contributed by atoms with Gasteiger partial charge in [0.05, 0.1) is 17.3 Å². The fourth-order valence-electron chi connectivity index (χ4n) is 1.88. The van der Waals surface area contributed by atoms with Crippen LogP contribution in [0.1, 0.15) is 40.1 Å². The predicted octanol–water partition coefficient (Wildman–Crippen LogP) is 2.49. The Morgan fingerprint density at radius 1 is 1.38 bits per heavy atom.